The van der Waals surface area contributed by atoms with Gasteiger partial charge in [-0.25, -0.2) is 9.78 Å². The number of nitrogens with one attached hydrogen (secondary N) is 1. The maximum Gasteiger partial charge on any atom is 0.340 e. The van der Waals surface area contributed by atoms with E-state index < -0.39 is 11.8 Å². The number of hydrogen-bond acceptors (Lipinski definition) is 6. The fourth-order valence-electron chi connectivity index (χ4n) is 2.84. The number of ether oxygens (including phenoxy) is 1. The lowest BCUT2D eigenvalue weighted by Crippen LogP contribution is -2.13. The van der Waals surface area contributed by atoms with Crippen molar-refractivity contribution in [3.8, 4) is 6.07 Å². The molecule has 0 bridgehead atoms. The third-order valence-electron chi connectivity index (χ3n) is 4.21. The summed E-state index contributed by atoms with van der Waals surface area (Å²) in [6.07, 6.45) is 3.78. The van der Waals surface area contributed by atoms with Gasteiger partial charge in [-0.05, 0) is 39.7 Å². The van der Waals surface area contributed by atoms with Gasteiger partial charge in [-0.2, -0.15) is 5.26 Å². The van der Waals surface area contributed by atoms with E-state index in [1.54, 1.807) is 32.1 Å². The monoisotopic (exact) mass is 369 g/mol. The van der Waals surface area contributed by atoms with Crippen LogP contribution in [0.3, 0.4) is 0 Å². The number of nitriles is 1. The molecule has 2 aromatic heterocycles. The van der Waals surface area contributed by atoms with Crippen molar-refractivity contribution in [2.75, 3.05) is 6.61 Å². The number of thiazole rings is 1. The van der Waals surface area contributed by atoms with Crippen LogP contribution in [0.2, 0.25) is 0 Å². The van der Waals surface area contributed by atoms with Crippen LogP contribution >= 0.6 is 11.3 Å². The smallest absolute Gasteiger partial charge is 0.340 e. The molecule has 7 heteroatoms. The van der Waals surface area contributed by atoms with Gasteiger partial charge in [0.05, 0.1) is 28.4 Å². The highest BCUT2D eigenvalue weighted by Crippen LogP contribution is 2.41. The standard InChI is InChI=1S/C19H19N3O3S/c1-4-25-19(24)16-11(3)21-10(2)15(16)17(23)13(8-20)7-14-9-26-18(22-14)12-5-6-12/h7,9,12,21H,4-6H2,1-3H3/b13-7-. The summed E-state index contributed by atoms with van der Waals surface area (Å²) < 4.78 is 5.06. The van der Waals surface area contributed by atoms with Crippen LogP contribution in [0.4, 0.5) is 0 Å². The summed E-state index contributed by atoms with van der Waals surface area (Å²) in [7, 11) is 0. The average molecular weight is 369 g/mol. The largest absolute Gasteiger partial charge is 0.462 e. The van der Waals surface area contributed by atoms with Gasteiger partial charge in [0.1, 0.15) is 11.6 Å². The molecule has 0 unspecified atom stereocenters. The number of carbonyl (C=O) groups is 2. The fraction of sp³-hybridized carbons (Fsp3) is 0.368. The number of Topliss-reactive ketones (excluding diaryl/α,β-unsaturated/α-hetero) is 1. The lowest BCUT2D eigenvalue weighted by molar-refractivity contribution is 0.0523. The van der Waals surface area contributed by atoms with Crippen molar-refractivity contribution in [1.82, 2.24) is 9.97 Å². The van der Waals surface area contributed by atoms with Crippen molar-refractivity contribution in [3.05, 3.63) is 44.2 Å². The van der Waals surface area contributed by atoms with Crippen molar-refractivity contribution >= 4 is 29.2 Å². The molecular weight excluding hydrogens is 350 g/mol. The molecule has 1 N–H and O–H groups in total. The first-order chi connectivity index (χ1) is 12.5. The molecule has 6 nitrogen and oxygen atoms in total. The van der Waals surface area contributed by atoms with Gasteiger partial charge in [0, 0.05) is 22.7 Å². The Kier molecular flexibility index (Phi) is 5.05. The van der Waals surface area contributed by atoms with E-state index in [9.17, 15) is 14.9 Å². The van der Waals surface area contributed by atoms with E-state index in [0.717, 1.165) is 17.8 Å². The molecular formula is C19H19N3O3S. The van der Waals surface area contributed by atoms with E-state index in [4.69, 9.17) is 4.74 Å². The lowest BCUT2D eigenvalue weighted by Gasteiger charge is -2.05. The van der Waals surface area contributed by atoms with Crippen molar-refractivity contribution in [2.45, 2.75) is 39.5 Å². The van der Waals surface area contributed by atoms with E-state index in [2.05, 4.69) is 9.97 Å². The minimum Gasteiger partial charge on any atom is -0.462 e. The van der Waals surface area contributed by atoms with Gasteiger partial charge < -0.3 is 9.72 Å². The van der Waals surface area contributed by atoms with Crippen molar-refractivity contribution in [1.29, 1.82) is 5.26 Å². The number of nitrogens with zero attached hydrogens (tertiary/aromatic N) is 2. The van der Waals surface area contributed by atoms with Gasteiger partial charge >= 0.3 is 5.97 Å². The minimum atomic E-state index is -0.570. The predicted octanol–water partition coefficient (Wildman–Crippen LogP) is 3.93. The summed E-state index contributed by atoms with van der Waals surface area (Å²) in [4.78, 5) is 32.7. The molecule has 3 rings (SSSR count). The zero-order valence-corrected chi connectivity index (χ0v) is 15.7. The number of H-pyrrole nitrogens is 1. The number of ketones is 1. The average Bonchev–Trinajstić information content (AvgIpc) is 3.27. The Morgan fingerprint density at radius 3 is 2.69 bits per heavy atom. The van der Waals surface area contributed by atoms with Gasteiger partial charge in [0.25, 0.3) is 0 Å². The Morgan fingerprint density at radius 1 is 1.38 bits per heavy atom. The Bertz CT molecular complexity index is 942. The second-order valence-electron chi connectivity index (χ2n) is 6.23. The molecule has 0 atom stereocenters. The first kappa shape index (κ1) is 18.1. The number of esters is 1. The van der Waals surface area contributed by atoms with E-state index >= 15 is 0 Å². The second kappa shape index (κ2) is 7.26. The van der Waals surface area contributed by atoms with Gasteiger partial charge in [0.15, 0.2) is 0 Å². The molecule has 0 aromatic carbocycles. The van der Waals surface area contributed by atoms with Crippen LogP contribution in [0.25, 0.3) is 6.08 Å². The van der Waals surface area contributed by atoms with Crippen molar-refractivity contribution in [2.24, 2.45) is 0 Å². The van der Waals surface area contributed by atoms with Crippen LogP contribution in [0, 0.1) is 25.2 Å². The SMILES string of the molecule is CCOC(=O)c1c(C)[nH]c(C)c1C(=O)/C(C#N)=C\c1csc(C2CC2)n1. The van der Waals surface area contributed by atoms with E-state index in [0.29, 0.717) is 23.0 Å². The van der Waals surface area contributed by atoms with Crippen LogP contribution < -0.4 is 0 Å². The zero-order chi connectivity index (χ0) is 18.8. The number of allylic oxidation sites excluding steroid dienone is 1. The number of carbonyl (C=O) groups excluding carboxylic acids is 2. The van der Waals surface area contributed by atoms with Gasteiger partial charge in [0.2, 0.25) is 5.78 Å². The van der Waals surface area contributed by atoms with E-state index in [-0.39, 0.29) is 23.3 Å². The van der Waals surface area contributed by atoms with Gasteiger partial charge in [-0.3, -0.25) is 4.79 Å². The molecule has 0 radical (unpaired) electrons. The van der Waals surface area contributed by atoms with E-state index in [1.807, 2.05) is 11.4 Å². The van der Waals surface area contributed by atoms with Crippen LogP contribution in [-0.2, 0) is 4.74 Å². The van der Waals surface area contributed by atoms with Crippen LogP contribution in [-0.4, -0.2) is 28.3 Å². The highest BCUT2D eigenvalue weighted by molar-refractivity contribution is 7.09. The number of aromatic nitrogens is 2. The minimum absolute atomic E-state index is 0.0507. The number of hydrogen-bond donors (Lipinski definition) is 1. The molecule has 0 amide bonds. The highest BCUT2D eigenvalue weighted by atomic mass is 32.1. The summed E-state index contributed by atoms with van der Waals surface area (Å²) >= 11 is 1.55. The molecule has 1 saturated carbocycles. The molecule has 0 spiro atoms. The van der Waals surface area contributed by atoms with E-state index in [1.165, 1.54) is 6.08 Å². The summed E-state index contributed by atoms with van der Waals surface area (Å²) in [5, 5.41) is 12.4. The van der Waals surface area contributed by atoms with Crippen molar-refractivity contribution in [3.63, 3.8) is 0 Å². The first-order valence-corrected chi connectivity index (χ1v) is 9.32. The van der Waals surface area contributed by atoms with Crippen molar-refractivity contribution < 1.29 is 14.3 Å². The van der Waals surface area contributed by atoms with Gasteiger partial charge in [-0.15, -0.1) is 11.3 Å². The number of rotatable bonds is 6. The molecule has 0 saturated heterocycles. The molecule has 1 fully saturated rings. The summed E-state index contributed by atoms with van der Waals surface area (Å²) in [5.41, 5.74) is 2.01. The third kappa shape index (κ3) is 3.46. The summed E-state index contributed by atoms with van der Waals surface area (Å²) in [6.45, 7) is 5.31. The maximum atomic E-state index is 13.0. The number of aryl methyl sites for hydroxylation is 2. The molecule has 2 aromatic rings. The quantitative estimate of drug-likeness (QED) is 0.360. The fourth-order valence-corrected chi connectivity index (χ4v) is 3.79. The van der Waals surface area contributed by atoms with Crippen LogP contribution in [0.5, 0.6) is 0 Å². The van der Waals surface area contributed by atoms with Crippen LogP contribution in [0.15, 0.2) is 11.0 Å². The normalized spacial score (nSPS) is 14.2. The van der Waals surface area contributed by atoms with Gasteiger partial charge in [-0.1, -0.05) is 0 Å². The molecule has 0 aliphatic heterocycles. The summed E-state index contributed by atoms with van der Waals surface area (Å²) in [6, 6.07) is 1.95. The maximum absolute atomic E-state index is 13.0. The number of aromatic amines is 1. The first-order valence-electron chi connectivity index (χ1n) is 8.44. The molecule has 1 aliphatic carbocycles. The van der Waals surface area contributed by atoms with Crippen LogP contribution in [0.1, 0.15) is 68.5 Å². The lowest BCUT2D eigenvalue weighted by atomic mass is 9.99. The Hall–Kier alpha value is -2.72. The Balaban J connectivity index is 1.97. The Morgan fingerprint density at radius 2 is 2.08 bits per heavy atom. The topological polar surface area (TPSA) is 95.8 Å². The third-order valence-corrected chi connectivity index (χ3v) is 5.23. The predicted molar refractivity (Wildman–Crippen MR) is 98.2 cm³/mol. The zero-order valence-electron chi connectivity index (χ0n) is 14.9. The Labute approximate surface area is 155 Å². The summed E-state index contributed by atoms with van der Waals surface area (Å²) in [5.74, 6) is -0.550. The highest BCUT2D eigenvalue weighted by Gasteiger charge is 2.28. The molecule has 1 aliphatic rings. The molecule has 134 valence electrons. The second-order valence-corrected chi connectivity index (χ2v) is 7.12. The molecule has 26 heavy (non-hydrogen) atoms. The molecule has 2 heterocycles.